The van der Waals surface area contributed by atoms with Crippen LogP contribution in [0.3, 0.4) is 0 Å². The zero-order valence-corrected chi connectivity index (χ0v) is 10.4. The molecule has 0 aromatic heterocycles. The van der Waals surface area contributed by atoms with Crippen LogP contribution in [0.25, 0.3) is 0 Å². The van der Waals surface area contributed by atoms with E-state index in [4.69, 9.17) is 0 Å². The van der Waals surface area contributed by atoms with Crippen molar-refractivity contribution in [1.29, 1.82) is 0 Å². The third kappa shape index (κ3) is 2.69. The number of imide groups is 1. The zero-order valence-electron chi connectivity index (χ0n) is 10.4. The Bertz CT molecular complexity index is 376. The Hall–Kier alpha value is -1.43. The molecular weight excluding hydrogens is 236 g/mol. The highest BCUT2D eigenvalue weighted by molar-refractivity contribution is 6.01. The van der Waals surface area contributed by atoms with Crippen molar-refractivity contribution < 1.29 is 19.5 Å². The summed E-state index contributed by atoms with van der Waals surface area (Å²) >= 11 is 0. The maximum Gasteiger partial charge on any atom is 0.323 e. The Kier molecular flexibility index (Phi) is 3.38. The minimum atomic E-state index is -1.07. The summed E-state index contributed by atoms with van der Waals surface area (Å²) in [6, 6.07) is 0.260. The fourth-order valence-electron chi connectivity index (χ4n) is 2.13. The number of nitrogens with one attached hydrogen (secondary N) is 1. The first-order valence-corrected chi connectivity index (χ1v) is 6.27. The molecule has 0 spiro atoms. The molecule has 0 radical (unpaired) electrons. The molecule has 2 rings (SSSR count). The average molecular weight is 254 g/mol. The van der Waals surface area contributed by atoms with Crippen LogP contribution in [0, 0.1) is 0 Å². The van der Waals surface area contributed by atoms with E-state index in [0.717, 1.165) is 12.8 Å². The summed E-state index contributed by atoms with van der Waals surface area (Å²) in [6.45, 7) is 1.79. The van der Waals surface area contributed by atoms with Gasteiger partial charge in [-0.05, 0) is 26.2 Å². The molecule has 1 aliphatic heterocycles. The molecule has 6 heteroatoms. The van der Waals surface area contributed by atoms with Crippen LogP contribution >= 0.6 is 0 Å². The average Bonchev–Trinajstić information content (AvgIpc) is 3.04. The maximum absolute atomic E-state index is 11.4. The van der Waals surface area contributed by atoms with E-state index in [1.165, 1.54) is 4.90 Å². The molecule has 0 aromatic carbocycles. The Labute approximate surface area is 105 Å². The molecule has 2 fully saturated rings. The van der Waals surface area contributed by atoms with Crippen molar-refractivity contribution in [3.63, 3.8) is 0 Å². The van der Waals surface area contributed by atoms with Crippen molar-refractivity contribution in [2.45, 2.75) is 50.6 Å². The molecule has 6 nitrogen and oxygen atoms in total. The molecule has 2 amide bonds. The van der Waals surface area contributed by atoms with Crippen molar-refractivity contribution in [2.24, 2.45) is 0 Å². The zero-order chi connectivity index (χ0) is 13.3. The van der Waals surface area contributed by atoms with E-state index in [0.29, 0.717) is 0 Å². The summed E-state index contributed by atoms with van der Waals surface area (Å²) in [5, 5.41) is 12.3. The summed E-state index contributed by atoms with van der Waals surface area (Å²) in [4.78, 5) is 35.4. The van der Waals surface area contributed by atoms with Gasteiger partial charge in [-0.15, -0.1) is 0 Å². The molecule has 1 unspecified atom stereocenters. The van der Waals surface area contributed by atoms with Gasteiger partial charge in [-0.1, -0.05) is 0 Å². The second kappa shape index (κ2) is 4.68. The predicted octanol–water partition coefficient (Wildman–Crippen LogP) is 0.121. The van der Waals surface area contributed by atoms with Gasteiger partial charge in [0.05, 0.1) is 0 Å². The molecule has 0 bridgehead atoms. The number of carboxylic acid groups (broad SMARTS) is 1. The highest BCUT2D eigenvalue weighted by atomic mass is 16.4. The highest BCUT2D eigenvalue weighted by Gasteiger charge is 2.40. The first kappa shape index (κ1) is 13.0. The third-order valence-corrected chi connectivity index (χ3v) is 3.56. The lowest BCUT2D eigenvalue weighted by Crippen LogP contribution is -2.52. The first-order valence-electron chi connectivity index (χ1n) is 6.27. The number of carbonyl (C=O) groups is 3. The second-order valence-electron chi connectivity index (χ2n) is 5.24. The van der Waals surface area contributed by atoms with E-state index in [-0.39, 0.29) is 43.7 Å². The lowest BCUT2D eigenvalue weighted by Gasteiger charge is -2.28. The van der Waals surface area contributed by atoms with Crippen molar-refractivity contribution >= 4 is 17.8 Å². The summed E-state index contributed by atoms with van der Waals surface area (Å²) in [5.74, 6) is -1.33. The van der Waals surface area contributed by atoms with Gasteiger partial charge in [0.15, 0.2) is 0 Å². The van der Waals surface area contributed by atoms with E-state index in [9.17, 15) is 19.5 Å². The molecule has 1 aliphatic carbocycles. The number of likely N-dealkylation sites (tertiary alicyclic amines) is 1. The lowest BCUT2D eigenvalue weighted by molar-refractivity contribution is -0.146. The van der Waals surface area contributed by atoms with Crippen LogP contribution in [0.1, 0.15) is 39.0 Å². The van der Waals surface area contributed by atoms with Crippen molar-refractivity contribution in [2.75, 3.05) is 6.54 Å². The fourth-order valence-corrected chi connectivity index (χ4v) is 2.13. The third-order valence-electron chi connectivity index (χ3n) is 3.56. The summed E-state index contributed by atoms with van der Waals surface area (Å²) in [5.41, 5.74) is -1.07. The number of hydrogen-bond donors (Lipinski definition) is 2. The quantitative estimate of drug-likeness (QED) is 0.657. The van der Waals surface area contributed by atoms with E-state index >= 15 is 0 Å². The summed E-state index contributed by atoms with van der Waals surface area (Å²) in [7, 11) is 0. The normalized spacial score (nSPS) is 23.3. The van der Waals surface area contributed by atoms with Gasteiger partial charge in [0, 0.05) is 25.4 Å². The Balaban J connectivity index is 1.94. The second-order valence-corrected chi connectivity index (χ2v) is 5.24. The Morgan fingerprint density at radius 1 is 1.39 bits per heavy atom. The van der Waals surface area contributed by atoms with Crippen LogP contribution in [0.15, 0.2) is 0 Å². The van der Waals surface area contributed by atoms with Crippen LogP contribution in [-0.4, -0.2) is 45.9 Å². The monoisotopic (exact) mass is 254 g/mol. The van der Waals surface area contributed by atoms with Gasteiger partial charge in [0.2, 0.25) is 11.8 Å². The van der Waals surface area contributed by atoms with E-state index in [1.807, 2.05) is 0 Å². The van der Waals surface area contributed by atoms with Gasteiger partial charge in [-0.2, -0.15) is 0 Å². The van der Waals surface area contributed by atoms with Gasteiger partial charge in [-0.25, -0.2) is 0 Å². The maximum atomic E-state index is 11.4. The van der Waals surface area contributed by atoms with E-state index in [2.05, 4.69) is 5.32 Å². The topological polar surface area (TPSA) is 86.7 Å². The number of amides is 2. The summed E-state index contributed by atoms with van der Waals surface area (Å²) < 4.78 is 0. The molecule has 100 valence electrons. The minimum Gasteiger partial charge on any atom is -0.480 e. The molecule has 1 saturated heterocycles. The first-order chi connectivity index (χ1) is 8.42. The van der Waals surface area contributed by atoms with Crippen LogP contribution in [0.2, 0.25) is 0 Å². The molecule has 2 aliphatic rings. The van der Waals surface area contributed by atoms with Crippen molar-refractivity contribution in [3.05, 3.63) is 0 Å². The van der Waals surface area contributed by atoms with E-state index in [1.54, 1.807) is 6.92 Å². The molecular formula is C12H18N2O4. The summed E-state index contributed by atoms with van der Waals surface area (Å²) in [6.07, 6.45) is 2.72. The number of nitrogens with zero attached hydrogens (tertiary/aromatic N) is 1. The van der Waals surface area contributed by atoms with Crippen LogP contribution in [-0.2, 0) is 14.4 Å². The van der Waals surface area contributed by atoms with Crippen LogP contribution < -0.4 is 5.32 Å². The smallest absolute Gasteiger partial charge is 0.323 e. The standard InChI is InChI=1S/C12H18N2O4/c1-12(11(17)18,13-8-2-3-8)6-7-14-9(15)4-5-10(14)16/h8,13H,2-7H2,1H3,(H,17,18). The van der Waals surface area contributed by atoms with Crippen LogP contribution in [0.4, 0.5) is 0 Å². The molecule has 1 heterocycles. The fraction of sp³-hybridized carbons (Fsp3) is 0.750. The number of aliphatic carboxylic acids is 1. The molecule has 2 N–H and O–H groups in total. The van der Waals surface area contributed by atoms with Gasteiger partial charge < -0.3 is 5.11 Å². The molecule has 1 saturated carbocycles. The van der Waals surface area contributed by atoms with E-state index < -0.39 is 11.5 Å². The number of carboxylic acids is 1. The number of carbonyl (C=O) groups excluding carboxylic acids is 2. The largest absolute Gasteiger partial charge is 0.480 e. The molecule has 18 heavy (non-hydrogen) atoms. The highest BCUT2D eigenvalue weighted by Crippen LogP contribution is 2.25. The van der Waals surface area contributed by atoms with Gasteiger partial charge >= 0.3 is 5.97 Å². The number of hydrogen-bond acceptors (Lipinski definition) is 4. The van der Waals surface area contributed by atoms with Gasteiger partial charge in [0.25, 0.3) is 0 Å². The Morgan fingerprint density at radius 3 is 2.39 bits per heavy atom. The predicted molar refractivity (Wildman–Crippen MR) is 62.8 cm³/mol. The van der Waals surface area contributed by atoms with Crippen molar-refractivity contribution in [3.8, 4) is 0 Å². The lowest BCUT2D eigenvalue weighted by atomic mass is 9.97. The number of rotatable bonds is 6. The minimum absolute atomic E-state index is 0.181. The SMILES string of the molecule is CC(CCN1C(=O)CCC1=O)(NC1CC1)C(=O)O. The van der Waals surface area contributed by atoms with Gasteiger partial charge in [-0.3, -0.25) is 24.6 Å². The van der Waals surface area contributed by atoms with Gasteiger partial charge in [0.1, 0.15) is 5.54 Å². The van der Waals surface area contributed by atoms with Crippen molar-refractivity contribution in [1.82, 2.24) is 10.2 Å². The molecule has 1 atom stereocenters. The van der Waals surface area contributed by atoms with Crippen LogP contribution in [0.5, 0.6) is 0 Å². The Morgan fingerprint density at radius 2 is 1.94 bits per heavy atom. The molecule has 0 aromatic rings.